The highest BCUT2D eigenvalue weighted by molar-refractivity contribution is 9.10. The van der Waals surface area contributed by atoms with Crippen molar-refractivity contribution in [2.45, 2.75) is 6.92 Å². The second kappa shape index (κ2) is 6.75. The van der Waals surface area contributed by atoms with Gasteiger partial charge in [0.05, 0.1) is 0 Å². The first-order chi connectivity index (χ1) is 8.49. The Labute approximate surface area is 112 Å². The normalized spacial score (nSPS) is 9.44. The number of ether oxygens (including phenoxy) is 1. The van der Waals surface area contributed by atoms with Crippen molar-refractivity contribution >= 4 is 33.7 Å². The number of esters is 1. The van der Waals surface area contributed by atoms with E-state index in [1.807, 2.05) is 0 Å². The molecule has 0 aliphatic rings. The predicted octanol–water partition coefficient (Wildman–Crippen LogP) is 0.773. The fourth-order valence-electron chi connectivity index (χ4n) is 1.00. The van der Waals surface area contributed by atoms with Crippen LogP contribution in [0.4, 0.5) is 0 Å². The lowest BCUT2D eigenvalue weighted by Crippen LogP contribution is -2.43. The number of halogens is 1. The number of carbonyl (C=O) groups is 3. The number of hydrogen-bond donors (Lipinski definition) is 2. The molecule has 0 aliphatic carbocycles. The van der Waals surface area contributed by atoms with E-state index in [-0.39, 0.29) is 0 Å². The molecule has 6 nitrogen and oxygen atoms in total. The molecule has 2 amide bonds. The number of nitrogens with one attached hydrogen (secondary N) is 2. The highest BCUT2D eigenvalue weighted by Crippen LogP contribution is 2.09. The van der Waals surface area contributed by atoms with Gasteiger partial charge in [-0.1, -0.05) is 15.9 Å². The maximum absolute atomic E-state index is 11.5. The third kappa shape index (κ3) is 4.96. The Morgan fingerprint density at radius 1 is 1.17 bits per heavy atom. The average Bonchev–Trinajstić information content (AvgIpc) is 2.34. The van der Waals surface area contributed by atoms with Crippen molar-refractivity contribution in [2.24, 2.45) is 0 Å². The molecule has 96 valence electrons. The first-order valence-corrected chi connectivity index (χ1v) is 5.76. The van der Waals surface area contributed by atoms with E-state index < -0.39 is 24.4 Å². The van der Waals surface area contributed by atoms with Crippen LogP contribution in [0.25, 0.3) is 0 Å². The first kappa shape index (κ1) is 14.2. The molecule has 0 spiro atoms. The van der Waals surface area contributed by atoms with Gasteiger partial charge in [0.1, 0.15) is 0 Å². The number of amides is 2. The van der Waals surface area contributed by atoms with Crippen molar-refractivity contribution in [3.63, 3.8) is 0 Å². The number of carbonyl (C=O) groups excluding carboxylic acids is 3. The Balaban J connectivity index is 2.39. The summed E-state index contributed by atoms with van der Waals surface area (Å²) in [7, 11) is 0. The van der Waals surface area contributed by atoms with Crippen LogP contribution in [0.1, 0.15) is 17.3 Å². The molecule has 18 heavy (non-hydrogen) atoms. The zero-order chi connectivity index (χ0) is 13.5. The van der Waals surface area contributed by atoms with Gasteiger partial charge in [-0.2, -0.15) is 0 Å². The second-order valence-corrected chi connectivity index (χ2v) is 4.21. The lowest BCUT2D eigenvalue weighted by atomic mass is 10.2. The quantitative estimate of drug-likeness (QED) is 0.637. The summed E-state index contributed by atoms with van der Waals surface area (Å²) in [4.78, 5) is 33.1. The molecule has 1 rings (SSSR count). The molecule has 0 bridgehead atoms. The summed E-state index contributed by atoms with van der Waals surface area (Å²) in [5.74, 6) is -1.64. The number of benzene rings is 1. The van der Waals surface area contributed by atoms with Crippen LogP contribution >= 0.6 is 15.9 Å². The largest absolute Gasteiger partial charge is 0.456 e. The summed E-state index contributed by atoms with van der Waals surface area (Å²) in [5, 5.41) is 0. The molecule has 0 unspecified atom stereocenters. The lowest BCUT2D eigenvalue weighted by molar-refractivity contribution is -0.146. The van der Waals surface area contributed by atoms with Gasteiger partial charge in [0.15, 0.2) is 6.61 Å². The summed E-state index contributed by atoms with van der Waals surface area (Å²) in [6, 6.07) is 6.60. The van der Waals surface area contributed by atoms with E-state index in [1.165, 1.54) is 6.92 Å². The molecule has 0 heterocycles. The molecular weight excluding hydrogens is 304 g/mol. The van der Waals surface area contributed by atoms with Gasteiger partial charge in [0.25, 0.3) is 11.8 Å². The van der Waals surface area contributed by atoms with Crippen LogP contribution in [-0.2, 0) is 14.3 Å². The Kier molecular flexibility index (Phi) is 5.31. The summed E-state index contributed by atoms with van der Waals surface area (Å²) in [6.07, 6.45) is 0. The van der Waals surface area contributed by atoms with Gasteiger partial charge in [0.2, 0.25) is 0 Å². The van der Waals surface area contributed by atoms with Gasteiger partial charge in [-0.15, -0.1) is 0 Å². The topological polar surface area (TPSA) is 84.5 Å². The van der Waals surface area contributed by atoms with Gasteiger partial charge < -0.3 is 4.74 Å². The summed E-state index contributed by atoms with van der Waals surface area (Å²) < 4.78 is 5.29. The minimum Gasteiger partial charge on any atom is -0.456 e. The molecule has 7 heteroatoms. The molecule has 1 aromatic rings. The van der Waals surface area contributed by atoms with Crippen molar-refractivity contribution in [3.8, 4) is 0 Å². The summed E-state index contributed by atoms with van der Waals surface area (Å²) >= 11 is 3.24. The van der Waals surface area contributed by atoms with E-state index in [0.29, 0.717) is 5.56 Å². The monoisotopic (exact) mass is 314 g/mol. The molecule has 0 aromatic heterocycles. The lowest BCUT2D eigenvalue weighted by Gasteiger charge is -2.07. The standard InChI is InChI=1S/C11H11BrN2O4/c1-7(15)18-6-10(16)13-14-11(17)8-2-4-9(12)5-3-8/h2-5H,6H2,1H3,(H,13,16)(H,14,17). The zero-order valence-corrected chi connectivity index (χ0v) is 11.1. The molecule has 2 N–H and O–H groups in total. The van der Waals surface area contributed by atoms with Crippen molar-refractivity contribution in [3.05, 3.63) is 34.3 Å². The summed E-state index contributed by atoms with van der Waals surface area (Å²) in [5.41, 5.74) is 4.71. The molecule has 1 aromatic carbocycles. The van der Waals surface area contributed by atoms with Crippen LogP contribution in [0.15, 0.2) is 28.7 Å². The molecule has 0 atom stereocenters. The zero-order valence-electron chi connectivity index (χ0n) is 9.53. The van der Waals surface area contributed by atoms with Crippen molar-refractivity contribution in [1.82, 2.24) is 10.9 Å². The van der Waals surface area contributed by atoms with E-state index in [4.69, 9.17) is 0 Å². The fraction of sp³-hybridized carbons (Fsp3) is 0.182. The second-order valence-electron chi connectivity index (χ2n) is 3.29. The van der Waals surface area contributed by atoms with Crippen LogP contribution in [0.3, 0.4) is 0 Å². The van der Waals surface area contributed by atoms with Crippen LogP contribution in [0, 0.1) is 0 Å². The Hall–Kier alpha value is -1.89. The van der Waals surface area contributed by atoms with E-state index >= 15 is 0 Å². The Bertz CT molecular complexity index is 459. The van der Waals surface area contributed by atoms with Gasteiger partial charge in [-0.3, -0.25) is 25.2 Å². The van der Waals surface area contributed by atoms with Crippen LogP contribution < -0.4 is 10.9 Å². The van der Waals surface area contributed by atoms with Crippen molar-refractivity contribution in [2.75, 3.05) is 6.61 Å². The van der Waals surface area contributed by atoms with E-state index in [2.05, 4.69) is 31.5 Å². The van der Waals surface area contributed by atoms with Crippen molar-refractivity contribution in [1.29, 1.82) is 0 Å². The Morgan fingerprint density at radius 3 is 2.33 bits per heavy atom. The third-order valence-corrected chi connectivity index (χ3v) is 2.36. The van der Waals surface area contributed by atoms with Gasteiger partial charge in [-0.25, -0.2) is 0 Å². The number of rotatable bonds is 3. The van der Waals surface area contributed by atoms with E-state index in [0.717, 1.165) is 4.47 Å². The molecule has 0 radical (unpaired) electrons. The molecule has 0 saturated carbocycles. The minimum absolute atomic E-state index is 0.394. The molecular formula is C11H11BrN2O4. The number of hydrogen-bond acceptors (Lipinski definition) is 4. The van der Waals surface area contributed by atoms with Crippen LogP contribution in [0.5, 0.6) is 0 Å². The van der Waals surface area contributed by atoms with Crippen LogP contribution in [0.2, 0.25) is 0 Å². The van der Waals surface area contributed by atoms with E-state index in [1.54, 1.807) is 24.3 Å². The highest BCUT2D eigenvalue weighted by atomic mass is 79.9. The smallest absolute Gasteiger partial charge is 0.303 e. The van der Waals surface area contributed by atoms with Crippen LogP contribution in [-0.4, -0.2) is 24.4 Å². The minimum atomic E-state index is -0.615. The average molecular weight is 315 g/mol. The summed E-state index contributed by atoms with van der Waals surface area (Å²) in [6.45, 7) is 0.754. The maximum Gasteiger partial charge on any atom is 0.303 e. The Morgan fingerprint density at radius 2 is 1.78 bits per heavy atom. The SMILES string of the molecule is CC(=O)OCC(=O)NNC(=O)c1ccc(Br)cc1. The van der Waals surface area contributed by atoms with Gasteiger partial charge >= 0.3 is 5.97 Å². The van der Waals surface area contributed by atoms with Gasteiger partial charge in [-0.05, 0) is 24.3 Å². The molecule has 0 fully saturated rings. The van der Waals surface area contributed by atoms with E-state index in [9.17, 15) is 14.4 Å². The predicted molar refractivity (Wildman–Crippen MR) is 66.4 cm³/mol. The molecule has 0 saturated heterocycles. The van der Waals surface area contributed by atoms with Crippen molar-refractivity contribution < 1.29 is 19.1 Å². The number of hydrazine groups is 1. The maximum atomic E-state index is 11.5. The van der Waals surface area contributed by atoms with Gasteiger partial charge in [0, 0.05) is 17.0 Å². The third-order valence-electron chi connectivity index (χ3n) is 1.83. The first-order valence-electron chi connectivity index (χ1n) is 4.97. The fourth-order valence-corrected chi connectivity index (χ4v) is 1.27. The molecule has 0 aliphatic heterocycles. The highest BCUT2D eigenvalue weighted by Gasteiger charge is 2.07.